The maximum atomic E-state index is 6.32. The van der Waals surface area contributed by atoms with Gasteiger partial charge >= 0.3 is 0 Å². The molecular weight excluding hydrogens is 376 g/mol. The van der Waals surface area contributed by atoms with E-state index in [9.17, 15) is 0 Å². The Hall–Kier alpha value is -3.67. The van der Waals surface area contributed by atoms with E-state index in [4.69, 9.17) is 18.9 Å². The number of fused-ring (bicyclic) bond motifs is 4. The summed E-state index contributed by atoms with van der Waals surface area (Å²) in [4.78, 5) is 11.9. The lowest BCUT2D eigenvalue weighted by Gasteiger charge is -2.21. The van der Waals surface area contributed by atoms with E-state index in [2.05, 4.69) is 36.0 Å². The molecule has 0 radical (unpaired) electrons. The normalized spacial score (nSPS) is 12.3. The van der Waals surface area contributed by atoms with Crippen LogP contribution in [-0.2, 0) is 0 Å². The van der Waals surface area contributed by atoms with Crippen molar-refractivity contribution >= 4 is 33.4 Å². The van der Waals surface area contributed by atoms with Crippen molar-refractivity contribution in [1.82, 2.24) is 10.1 Å². The molecule has 0 bridgehead atoms. The van der Waals surface area contributed by atoms with Gasteiger partial charge < -0.3 is 13.8 Å². The van der Waals surface area contributed by atoms with Crippen molar-refractivity contribution in [1.29, 1.82) is 0 Å². The van der Waals surface area contributed by atoms with E-state index in [1.807, 2.05) is 49.4 Å². The number of anilines is 1. The predicted octanol–water partition coefficient (Wildman–Crippen LogP) is 5.46. The lowest BCUT2D eigenvalue weighted by atomic mass is 10.0. The number of nitrogens with zero attached hydrogens (tertiary/aromatic N) is 4. The van der Waals surface area contributed by atoms with Crippen LogP contribution in [0.1, 0.15) is 19.6 Å². The molecule has 0 N–H and O–H groups in total. The molecule has 0 amide bonds. The second-order valence-corrected chi connectivity index (χ2v) is 7.23. The summed E-state index contributed by atoms with van der Waals surface area (Å²) in [5.74, 6) is 1.95. The van der Waals surface area contributed by atoms with Crippen molar-refractivity contribution in [3.63, 3.8) is 0 Å². The molecule has 1 aliphatic heterocycles. The SMILES string of the molecule is CCN(CC)c1ccc2nc3c4ccccc4/c(=N/c4cc(C)on4)cc-3oc2c1. The zero-order chi connectivity index (χ0) is 20.7. The zero-order valence-electron chi connectivity index (χ0n) is 17.2. The van der Waals surface area contributed by atoms with Gasteiger partial charge in [0.25, 0.3) is 0 Å². The average Bonchev–Trinajstić information content (AvgIpc) is 3.18. The van der Waals surface area contributed by atoms with Gasteiger partial charge in [0.1, 0.15) is 17.0 Å². The highest BCUT2D eigenvalue weighted by Crippen LogP contribution is 2.31. The third-order valence-corrected chi connectivity index (χ3v) is 5.33. The van der Waals surface area contributed by atoms with Crippen molar-refractivity contribution in [2.24, 2.45) is 4.99 Å². The maximum Gasteiger partial charge on any atom is 0.195 e. The standard InChI is InChI=1S/C24H22N4O2/c1-4-28(5-2)16-10-11-19-21(13-16)29-22-14-20(25-23-12-15(3)30-27-23)17-8-6-7-9-18(17)24(22)26-19/h6-14H,4-5H2,1-3H3/b25-20+. The Morgan fingerprint density at radius 1 is 0.967 bits per heavy atom. The smallest absolute Gasteiger partial charge is 0.195 e. The molecule has 0 saturated carbocycles. The summed E-state index contributed by atoms with van der Waals surface area (Å²) in [6.45, 7) is 8.02. The van der Waals surface area contributed by atoms with E-state index in [0.717, 1.165) is 57.5 Å². The summed E-state index contributed by atoms with van der Waals surface area (Å²) in [6.07, 6.45) is 0. The minimum absolute atomic E-state index is 0.537. The van der Waals surface area contributed by atoms with Crippen LogP contribution in [0.5, 0.6) is 0 Å². The molecule has 0 atom stereocenters. The van der Waals surface area contributed by atoms with Gasteiger partial charge in [0.2, 0.25) is 0 Å². The number of hydrogen-bond acceptors (Lipinski definition) is 6. The highest BCUT2D eigenvalue weighted by molar-refractivity contribution is 5.96. The largest absolute Gasteiger partial charge is 0.453 e. The van der Waals surface area contributed by atoms with Crippen LogP contribution in [0.25, 0.3) is 33.3 Å². The molecule has 150 valence electrons. The van der Waals surface area contributed by atoms with Gasteiger partial charge in [-0.3, -0.25) is 0 Å². The lowest BCUT2D eigenvalue weighted by molar-refractivity contribution is 0.399. The molecule has 30 heavy (non-hydrogen) atoms. The third kappa shape index (κ3) is 3.10. The molecule has 0 unspecified atom stereocenters. The molecular formula is C24H22N4O2. The summed E-state index contributed by atoms with van der Waals surface area (Å²) >= 11 is 0. The molecule has 6 heteroatoms. The van der Waals surface area contributed by atoms with Gasteiger partial charge in [-0.1, -0.05) is 29.4 Å². The Morgan fingerprint density at radius 3 is 2.50 bits per heavy atom. The highest BCUT2D eigenvalue weighted by atomic mass is 16.5. The van der Waals surface area contributed by atoms with Crippen LogP contribution in [0.3, 0.4) is 0 Å². The summed E-state index contributed by atoms with van der Waals surface area (Å²) in [5.41, 5.74) is 3.54. The van der Waals surface area contributed by atoms with Crippen LogP contribution in [0.4, 0.5) is 11.5 Å². The summed E-state index contributed by atoms with van der Waals surface area (Å²) < 4.78 is 11.5. The Morgan fingerprint density at radius 2 is 1.77 bits per heavy atom. The fourth-order valence-corrected chi connectivity index (χ4v) is 3.83. The van der Waals surface area contributed by atoms with E-state index in [1.54, 1.807) is 0 Å². The van der Waals surface area contributed by atoms with Gasteiger partial charge in [0, 0.05) is 47.7 Å². The van der Waals surface area contributed by atoms with Gasteiger partial charge in [0.15, 0.2) is 17.2 Å². The fourth-order valence-electron chi connectivity index (χ4n) is 3.83. The van der Waals surface area contributed by atoms with Crippen molar-refractivity contribution < 1.29 is 8.94 Å². The second kappa shape index (κ2) is 7.30. The first-order valence-corrected chi connectivity index (χ1v) is 10.2. The molecule has 5 rings (SSSR count). The maximum absolute atomic E-state index is 6.32. The summed E-state index contributed by atoms with van der Waals surface area (Å²) in [6, 6.07) is 18.0. The third-order valence-electron chi connectivity index (χ3n) is 5.33. The number of aromatic nitrogens is 2. The van der Waals surface area contributed by atoms with Crippen molar-refractivity contribution in [3.8, 4) is 11.5 Å². The Kier molecular flexibility index (Phi) is 4.47. The van der Waals surface area contributed by atoms with E-state index in [0.29, 0.717) is 11.6 Å². The molecule has 2 heterocycles. The Bertz CT molecular complexity index is 1400. The minimum atomic E-state index is 0.537. The molecule has 2 aromatic carbocycles. The molecule has 1 aromatic heterocycles. The topological polar surface area (TPSA) is 67.7 Å². The first kappa shape index (κ1) is 18.4. The monoisotopic (exact) mass is 398 g/mol. The van der Waals surface area contributed by atoms with Gasteiger partial charge in [-0.15, -0.1) is 0 Å². The molecule has 0 spiro atoms. The number of aryl methyl sites for hydroxylation is 1. The van der Waals surface area contributed by atoms with Crippen LogP contribution >= 0.6 is 0 Å². The van der Waals surface area contributed by atoms with Crippen LogP contribution in [0, 0.1) is 6.92 Å². The van der Waals surface area contributed by atoms with Gasteiger partial charge in [-0.05, 0) is 32.9 Å². The molecule has 0 saturated heterocycles. The highest BCUT2D eigenvalue weighted by Gasteiger charge is 2.16. The van der Waals surface area contributed by atoms with Crippen molar-refractivity contribution in [3.05, 3.63) is 65.7 Å². The van der Waals surface area contributed by atoms with Gasteiger partial charge in [-0.25, -0.2) is 9.98 Å². The average molecular weight is 398 g/mol. The van der Waals surface area contributed by atoms with E-state index < -0.39 is 0 Å². The zero-order valence-corrected chi connectivity index (χ0v) is 17.2. The lowest BCUT2D eigenvalue weighted by Crippen LogP contribution is -2.21. The van der Waals surface area contributed by atoms with Crippen LogP contribution in [-0.4, -0.2) is 23.2 Å². The first-order chi connectivity index (χ1) is 14.7. The summed E-state index contributed by atoms with van der Waals surface area (Å²) in [5, 5.41) is 6.76. The van der Waals surface area contributed by atoms with E-state index in [1.165, 1.54) is 0 Å². The van der Waals surface area contributed by atoms with Crippen LogP contribution in [0.2, 0.25) is 0 Å². The number of hydrogen-bond donors (Lipinski definition) is 0. The number of rotatable bonds is 4. The Labute approximate surface area is 173 Å². The predicted molar refractivity (Wildman–Crippen MR) is 118 cm³/mol. The van der Waals surface area contributed by atoms with Crippen LogP contribution in [0.15, 0.2) is 68.5 Å². The molecule has 2 aliphatic rings. The van der Waals surface area contributed by atoms with E-state index in [-0.39, 0.29) is 0 Å². The molecule has 0 fully saturated rings. The van der Waals surface area contributed by atoms with Crippen molar-refractivity contribution in [2.75, 3.05) is 18.0 Å². The summed E-state index contributed by atoms with van der Waals surface area (Å²) in [7, 11) is 0. The fraction of sp³-hybridized carbons (Fsp3) is 0.208. The first-order valence-electron chi connectivity index (χ1n) is 10.2. The molecule has 1 aliphatic carbocycles. The minimum Gasteiger partial charge on any atom is -0.453 e. The van der Waals surface area contributed by atoms with Gasteiger partial charge in [-0.2, -0.15) is 0 Å². The van der Waals surface area contributed by atoms with Gasteiger partial charge in [0.05, 0.1) is 5.36 Å². The quantitative estimate of drug-likeness (QED) is 0.297. The molecule has 6 nitrogen and oxygen atoms in total. The van der Waals surface area contributed by atoms with Crippen LogP contribution < -0.4 is 10.3 Å². The number of benzene rings is 3. The van der Waals surface area contributed by atoms with E-state index >= 15 is 0 Å². The molecule has 3 aromatic rings. The van der Waals surface area contributed by atoms with Crippen molar-refractivity contribution in [2.45, 2.75) is 20.8 Å². The Balaban J connectivity index is 1.80. The second-order valence-electron chi connectivity index (χ2n) is 7.23.